The molecule has 5 heteroatoms. The third kappa shape index (κ3) is 2.90. The standard InChI is InChI=1S/C18H19N3O2/c1-3-20-11-9-16-14(18(20)23)8-10-21(16)12-17(22)19-15-7-5-4-6-13(15)2/h4-11H,3,12H2,1-2H3,(H,19,22). The predicted octanol–water partition coefficient (Wildman–Crippen LogP) is 2.77. The van der Waals surface area contributed by atoms with E-state index in [0.717, 1.165) is 16.8 Å². The molecule has 2 aromatic heterocycles. The van der Waals surface area contributed by atoms with Gasteiger partial charge < -0.3 is 14.5 Å². The zero-order chi connectivity index (χ0) is 16.4. The number of hydrogen-bond acceptors (Lipinski definition) is 2. The molecular weight excluding hydrogens is 290 g/mol. The molecule has 0 atom stereocenters. The van der Waals surface area contributed by atoms with Crippen LogP contribution >= 0.6 is 0 Å². The molecule has 0 saturated carbocycles. The first-order valence-electron chi connectivity index (χ1n) is 7.64. The number of para-hydroxylation sites is 1. The molecule has 23 heavy (non-hydrogen) atoms. The van der Waals surface area contributed by atoms with Crippen molar-refractivity contribution >= 4 is 22.5 Å². The molecule has 1 N–H and O–H groups in total. The summed E-state index contributed by atoms with van der Waals surface area (Å²) in [5.74, 6) is -0.114. The Morgan fingerprint density at radius 2 is 1.83 bits per heavy atom. The molecule has 0 radical (unpaired) electrons. The van der Waals surface area contributed by atoms with Crippen molar-refractivity contribution in [2.75, 3.05) is 5.32 Å². The molecule has 2 heterocycles. The van der Waals surface area contributed by atoms with Crippen molar-refractivity contribution in [3.8, 4) is 0 Å². The van der Waals surface area contributed by atoms with E-state index in [2.05, 4.69) is 5.32 Å². The molecule has 118 valence electrons. The Hall–Kier alpha value is -2.82. The number of pyridine rings is 1. The maximum absolute atomic E-state index is 12.3. The topological polar surface area (TPSA) is 56.0 Å². The van der Waals surface area contributed by atoms with E-state index in [4.69, 9.17) is 0 Å². The van der Waals surface area contributed by atoms with Gasteiger partial charge in [-0.3, -0.25) is 9.59 Å². The Balaban J connectivity index is 1.85. The molecule has 0 aliphatic rings. The second-order valence-corrected chi connectivity index (χ2v) is 5.51. The van der Waals surface area contributed by atoms with Gasteiger partial charge in [-0.2, -0.15) is 0 Å². The number of anilines is 1. The SMILES string of the molecule is CCn1ccc2c(ccn2CC(=O)Nc2ccccc2C)c1=O. The number of benzene rings is 1. The predicted molar refractivity (Wildman–Crippen MR) is 91.7 cm³/mol. The Morgan fingerprint density at radius 1 is 1.09 bits per heavy atom. The van der Waals surface area contributed by atoms with Crippen molar-refractivity contribution in [2.24, 2.45) is 0 Å². The summed E-state index contributed by atoms with van der Waals surface area (Å²) in [4.78, 5) is 24.5. The minimum absolute atomic E-state index is 0.0249. The molecule has 3 aromatic rings. The second kappa shape index (κ2) is 6.12. The fraction of sp³-hybridized carbons (Fsp3) is 0.222. The fourth-order valence-electron chi connectivity index (χ4n) is 2.68. The van der Waals surface area contributed by atoms with Gasteiger partial charge in [0.1, 0.15) is 6.54 Å². The summed E-state index contributed by atoms with van der Waals surface area (Å²) in [5, 5.41) is 3.54. The van der Waals surface area contributed by atoms with E-state index in [1.165, 1.54) is 0 Å². The van der Waals surface area contributed by atoms with Crippen LogP contribution in [0.1, 0.15) is 12.5 Å². The molecule has 0 unspecified atom stereocenters. The summed E-state index contributed by atoms with van der Waals surface area (Å²) in [7, 11) is 0. The quantitative estimate of drug-likeness (QED) is 0.805. The number of nitrogens with zero attached hydrogens (tertiary/aromatic N) is 2. The van der Waals surface area contributed by atoms with Crippen molar-refractivity contribution in [3.63, 3.8) is 0 Å². The normalized spacial score (nSPS) is 10.9. The highest BCUT2D eigenvalue weighted by molar-refractivity contribution is 5.92. The van der Waals surface area contributed by atoms with Crippen LogP contribution in [0.3, 0.4) is 0 Å². The van der Waals surface area contributed by atoms with E-state index < -0.39 is 0 Å². The van der Waals surface area contributed by atoms with Crippen LogP contribution in [-0.4, -0.2) is 15.0 Å². The minimum Gasteiger partial charge on any atom is -0.338 e. The molecule has 0 aliphatic carbocycles. The van der Waals surface area contributed by atoms with Crippen LogP contribution in [-0.2, 0) is 17.9 Å². The molecule has 3 rings (SSSR count). The van der Waals surface area contributed by atoms with Crippen LogP contribution in [0.25, 0.3) is 10.9 Å². The van der Waals surface area contributed by atoms with Crippen LogP contribution in [0.5, 0.6) is 0 Å². The van der Waals surface area contributed by atoms with E-state index in [9.17, 15) is 9.59 Å². The maximum atomic E-state index is 12.3. The number of amides is 1. The van der Waals surface area contributed by atoms with Crippen molar-refractivity contribution < 1.29 is 4.79 Å². The molecule has 0 spiro atoms. The lowest BCUT2D eigenvalue weighted by Gasteiger charge is -2.10. The van der Waals surface area contributed by atoms with Crippen LogP contribution in [0, 0.1) is 6.92 Å². The Kier molecular flexibility index (Phi) is 4.02. The Bertz CT molecular complexity index is 921. The van der Waals surface area contributed by atoms with Crippen molar-refractivity contribution in [1.82, 2.24) is 9.13 Å². The summed E-state index contributed by atoms with van der Waals surface area (Å²) >= 11 is 0. The number of carbonyl (C=O) groups is 1. The van der Waals surface area contributed by atoms with Crippen LogP contribution < -0.4 is 10.9 Å². The second-order valence-electron chi connectivity index (χ2n) is 5.51. The molecule has 0 bridgehead atoms. The molecule has 0 fully saturated rings. The van der Waals surface area contributed by atoms with Gasteiger partial charge in [0.25, 0.3) is 5.56 Å². The van der Waals surface area contributed by atoms with Gasteiger partial charge in [0.05, 0.1) is 10.9 Å². The summed E-state index contributed by atoms with van der Waals surface area (Å²) in [6, 6.07) is 11.3. The summed E-state index contributed by atoms with van der Waals surface area (Å²) in [5.41, 5.74) is 2.58. The third-order valence-corrected chi connectivity index (χ3v) is 3.98. The summed E-state index contributed by atoms with van der Waals surface area (Å²) in [6.07, 6.45) is 3.55. The van der Waals surface area contributed by atoms with Gasteiger partial charge in [-0.15, -0.1) is 0 Å². The Morgan fingerprint density at radius 3 is 2.57 bits per heavy atom. The molecule has 5 nitrogen and oxygen atoms in total. The monoisotopic (exact) mass is 309 g/mol. The third-order valence-electron chi connectivity index (χ3n) is 3.98. The van der Waals surface area contributed by atoms with Crippen LogP contribution in [0.2, 0.25) is 0 Å². The molecule has 0 aliphatic heterocycles. The first-order chi connectivity index (χ1) is 11.1. The molecular formula is C18H19N3O2. The first kappa shape index (κ1) is 15.1. The van der Waals surface area contributed by atoms with E-state index in [-0.39, 0.29) is 18.0 Å². The number of aryl methyl sites for hydroxylation is 2. The lowest BCUT2D eigenvalue weighted by atomic mass is 10.2. The summed E-state index contributed by atoms with van der Waals surface area (Å²) in [6.45, 7) is 4.69. The fourth-order valence-corrected chi connectivity index (χ4v) is 2.68. The van der Waals surface area contributed by atoms with Crippen LogP contribution in [0.15, 0.2) is 53.6 Å². The van der Waals surface area contributed by atoms with Gasteiger partial charge in [0.2, 0.25) is 5.91 Å². The Labute approximate surface area is 134 Å². The number of carbonyl (C=O) groups excluding carboxylic acids is 1. The highest BCUT2D eigenvalue weighted by Gasteiger charge is 2.10. The number of fused-ring (bicyclic) bond motifs is 1. The highest BCUT2D eigenvalue weighted by Crippen LogP contribution is 2.15. The largest absolute Gasteiger partial charge is 0.338 e. The van der Waals surface area contributed by atoms with E-state index >= 15 is 0 Å². The lowest BCUT2D eigenvalue weighted by Crippen LogP contribution is -2.20. The van der Waals surface area contributed by atoms with Gasteiger partial charge >= 0.3 is 0 Å². The van der Waals surface area contributed by atoms with Gasteiger partial charge in [-0.05, 0) is 37.6 Å². The first-order valence-corrected chi connectivity index (χ1v) is 7.64. The molecule has 1 aromatic carbocycles. The van der Waals surface area contributed by atoms with E-state index in [1.807, 2.05) is 44.2 Å². The minimum atomic E-state index is -0.114. The van der Waals surface area contributed by atoms with Crippen LogP contribution in [0.4, 0.5) is 5.69 Å². The zero-order valence-corrected chi connectivity index (χ0v) is 13.2. The van der Waals surface area contributed by atoms with Gasteiger partial charge in [0, 0.05) is 24.6 Å². The summed E-state index contributed by atoms with van der Waals surface area (Å²) < 4.78 is 3.45. The van der Waals surface area contributed by atoms with E-state index in [1.54, 1.807) is 27.6 Å². The average molecular weight is 309 g/mol. The number of hydrogen-bond donors (Lipinski definition) is 1. The smallest absolute Gasteiger partial charge is 0.259 e. The van der Waals surface area contributed by atoms with Crippen molar-refractivity contribution in [2.45, 2.75) is 26.9 Å². The maximum Gasteiger partial charge on any atom is 0.259 e. The van der Waals surface area contributed by atoms with Gasteiger partial charge in [-0.1, -0.05) is 18.2 Å². The van der Waals surface area contributed by atoms with Crippen molar-refractivity contribution in [3.05, 3.63) is 64.7 Å². The van der Waals surface area contributed by atoms with Crippen molar-refractivity contribution in [1.29, 1.82) is 0 Å². The lowest BCUT2D eigenvalue weighted by molar-refractivity contribution is -0.116. The average Bonchev–Trinajstić information content (AvgIpc) is 2.94. The van der Waals surface area contributed by atoms with Gasteiger partial charge in [-0.25, -0.2) is 0 Å². The number of rotatable bonds is 4. The molecule has 1 amide bonds. The van der Waals surface area contributed by atoms with Gasteiger partial charge in [0.15, 0.2) is 0 Å². The number of nitrogens with one attached hydrogen (secondary N) is 1. The molecule has 0 saturated heterocycles. The highest BCUT2D eigenvalue weighted by atomic mass is 16.2. The number of aromatic nitrogens is 2. The van der Waals surface area contributed by atoms with E-state index in [0.29, 0.717) is 11.9 Å². The zero-order valence-electron chi connectivity index (χ0n) is 13.2.